The molecular weight excluding hydrogens is 228 g/mol. The SMILES string of the molecule is CCC(C)c1cccc2c(C(C)(C)CC)cccc12. The van der Waals surface area contributed by atoms with E-state index >= 15 is 0 Å². The molecule has 2 rings (SSSR count). The van der Waals surface area contributed by atoms with E-state index in [1.807, 2.05) is 0 Å². The fraction of sp³-hybridized carbons (Fsp3) is 0.474. The minimum absolute atomic E-state index is 0.244. The number of benzene rings is 2. The van der Waals surface area contributed by atoms with E-state index in [1.54, 1.807) is 0 Å². The summed E-state index contributed by atoms with van der Waals surface area (Å²) in [4.78, 5) is 0. The second-order valence-corrected chi connectivity index (χ2v) is 6.29. The maximum Gasteiger partial charge on any atom is -0.0100 e. The topological polar surface area (TPSA) is 0 Å². The molecule has 0 aromatic heterocycles. The summed E-state index contributed by atoms with van der Waals surface area (Å²) < 4.78 is 0. The van der Waals surface area contributed by atoms with Crippen molar-refractivity contribution in [1.82, 2.24) is 0 Å². The van der Waals surface area contributed by atoms with E-state index < -0.39 is 0 Å². The van der Waals surface area contributed by atoms with Crippen LogP contribution in [-0.4, -0.2) is 0 Å². The lowest BCUT2D eigenvalue weighted by Crippen LogP contribution is -2.16. The van der Waals surface area contributed by atoms with Gasteiger partial charge in [-0.3, -0.25) is 0 Å². The monoisotopic (exact) mass is 254 g/mol. The third kappa shape index (κ3) is 2.54. The zero-order valence-corrected chi connectivity index (χ0v) is 13.0. The maximum absolute atomic E-state index is 2.34. The molecule has 0 heterocycles. The van der Waals surface area contributed by atoms with Gasteiger partial charge in [0.05, 0.1) is 0 Å². The Hall–Kier alpha value is -1.30. The van der Waals surface area contributed by atoms with Crippen molar-refractivity contribution in [2.75, 3.05) is 0 Å². The van der Waals surface area contributed by atoms with E-state index in [-0.39, 0.29) is 5.41 Å². The Labute approximate surface area is 117 Å². The number of rotatable bonds is 4. The van der Waals surface area contributed by atoms with E-state index in [1.165, 1.54) is 34.7 Å². The van der Waals surface area contributed by atoms with Gasteiger partial charge in [-0.2, -0.15) is 0 Å². The smallest absolute Gasteiger partial charge is 0.0100 e. The highest BCUT2D eigenvalue weighted by atomic mass is 14.2. The van der Waals surface area contributed by atoms with Gasteiger partial charge in [0, 0.05) is 0 Å². The third-order valence-corrected chi connectivity index (χ3v) is 4.71. The Morgan fingerprint density at radius 1 is 0.947 bits per heavy atom. The molecule has 0 aliphatic heterocycles. The van der Waals surface area contributed by atoms with E-state index in [2.05, 4.69) is 71.0 Å². The Balaban J connectivity index is 2.71. The van der Waals surface area contributed by atoms with Gasteiger partial charge in [0.1, 0.15) is 0 Å². The molecule has 0 spiro atoms. The molecule has 19 heavy (non-hydrogen) atoms. The highest BCUT2D eigenvalue weighted by Crippen LogP contribution is 2.35. The summed E-state index contributed by atoms with van der Waals surface area (Å²) in [7, 11) is 0. The Kier molecular flexibility index (Phi) is 3.99. The molecular formula is C19H26. The van der Waals surface area contributed by atoms with Crippen LogP contribution in [0.2, 0.25) is 0 Å². The summed E-state index contributed by atoms with van der Waals surface area (Å²) in [5.74, 6) is 0.628. The zero-order valence-electron chi connectivity index (χ0n) is 13.0. The van der Waals surface area contributed by atoms with E-state index in [9.17, 15) is 0 Å². The number of fused-ring (bicyclic) bond motifs is 1. The van der Waals surface area contributed by atoms with Gasteiger partial charge in [-0.1, -0.05) is 71.0 Å². The molecule has 0 saturated carbocycles. The average molecular weight is 254 g/mol. The standard InChI is InChI=1S/C19H26/c1-6-14(3)15-10-8-12-17-16(15)11-9-13-18(17)19(4,5)7-2/h8-14H,6-7H2,1-5H3. The predicted molar refractivity (Wildman–Crippen MR) is 86.0 cm³/mol. The Morgan fingerprint density at radius 2 is 1.58 bits per heavy atom. The minimum Gasteiger partial charge on any atom is -0.0648 e. The largest absolute Gasteiger partial charge is 0.0648 e. The first-order valence-electron chi connectivity index (χ1n) is 7.53. The van der Waals surface area contributed by atoms with Crippen LogP contribution in [0, 0.1) is 0 Å². The first-order valence-corrected chi connectivity index (χ1v) is 7.53. The Morgan fingerprint density at radius 3 is 2.21 bits per heavy atom. The lowest BCUT2D eigenvalue weighted by atomic mass is 9.78. The molecule has 0 heteroatoms. The highest BCUT2D eigenvalue weighted by Gasteiger charge is 2.21. The molecule has 2 aromatic rings. The first-order chi connectivity index (χ1) is 9.01. The van der Waals surface area contributed by atoms with Crippen LogP contribution < -0.4 is 0 Å². The molecule has 0 aliphatic rings. The summed E-state index contributed by atoms with van der Waals surface area (Å²) in [6.07, 6.45) is 2.36. The second kappa shape index (κ2) is 5.36. The van der Waals surface area contributed by atoms with Crippen LogP contribution in [0.25, 0.3) is 10.8 Å². The van der Waals surface area contributed by atoms with Gasteiger partial charge in [-0.25, -0.2) is 0 Å². The van der Waals surface area contributed by atoms with Crippen LogP contribution in [0.4, 0.5) is 0 Å². The van der Waals surface area contributed by atoms with Crippen molar-refractivity contribution in [1.29, 1.82) is 0 Å². The van der Waals surface area contributed by atoms with Crippen molar-refractivity contribution >= 4 is 10.8 Å². The van der Waals surface area contributed by atoms with Gasteiger partial charge >= 0.3 is 0 Å². The summed E-state index contributed by atoms with van der Waals surface area (Å²) in [6, 6.07) is 13.6. The van der Waals surface area contributed by atoms with Crippen LogP contribution in [0.5, 0.6) is 0 Å². The molecule has 0 fully saturated rings. The van der Waals surface area contributed by atoms with Crippen molar-refractivity contribution in [3.63, 3.8) is 0 Å². The van der Waals surface area contributed by atoms with Crippen LogP contribution >= 0.6 is 0 Å². The quantitative estimate of drug-likeness (QED) is 0.624. The lowest BCUT2D eigenvalue weighted by molar-refractivity contribution is 0.510. The van der Waals surface area contributed by atoms with E-state index in [0.29, 0.717) is 5.92 Å². The molecule has 0 N–H and O–H groups in total. The minimum atomic E-state index is 0.244. The van der Waals surface area contributed by atoms with Crippen molar-refractivity contribution in [3.05, 3.63) is 47.5 Å². The fourth-order valence-electron chi connectivity index (χ4n) is 2.76. The van der Waals surface area contributed by atoms with Gasteiger partial charge < -0.3 is 0 Å². The van der Waals surface area contributed by atoms with Crippen LogP contribution in [0.15, 0.2) is 36.4 Å². The Bertz CT molecular complexity index is 563. The van der Waals surface area contributed by atoms with Crippen molar-refractivity contribution in [2.45, 2.75) is 58.8 Å². The molecule has 0 bridgehead atoms. The molecule has 0 saturated heterocycles. The summed E-state index contributed by atoms with van der Waals surface area (Å²) in [5.41, 5.74) is 3.22. The van der Waals surface area contributed by atoms with Crippen LogP contribution in [0.1, 0.15) is 64.5 Å². The molecule has 102 valence electrons. The summed E-state index contributed by atoms with van der Waals surface area (Å²) in [6.45, 7) is 11.6. The van der Waals surface area contributed by atoms with E-state index in [4.69, 9.17) is 0 Å². The summed E-state index contributed by atoms with van der Waals surface area (Å²) >= 11 is 0. The number of hydrogen-bond acceptors (Lipinski definition) is 0. The van der Waals surface area contributed by atoms with Gasteiger partial charge in [0.25, 0.3) is 0 Å². The van der Waals surface area contributed by atoms with Crippen molar-refractivity contribution in [3.8, 4) is 0 Å². The molecule has 0 nitrogen and oxygen atoms in total. The molecule has 1 unspecified atom stereocenters. The van der Waals surface area contributed by atoms with Crippen molar-refractivity contribution < 1.29 is 0 Å². The van der Waals surface area contributed by atoms with Gasteiger partial charge in [-0.15, -0.1) is 0 Å². The highest BCUT2D eigenvalue weighted by molar-refractivity contribution is 5.89. The third-order valence-electron chi connectivity index (χ3n) is 4.71. The van der Waals surface area contributed by atoms with Gasteiger partial charge in [0.2, 0.25) is 0 Å². The lowest BCUT2D eigenvalue weighted by Gasteiger charge is -2.26. The normalized spacial score (nSPS) is 13.7. The van der Waals surface area contributed by atoms with E-state index in [0.717, 1.165) is 0 Å². The van der Waals surface area contributed by atoms with Gasteiger partial charge in [0.15, 0.2) is 0 Å². The van der Waals surface area contributed by atoms with Crippen molar-refractivity contribution in [2.24, 2.45) is 0 Å². The van der Waals surface area contributed by atoms with Crippen LogP contribution in [-0.2, 0) is 5.41 Å². The average Bonchev–Trinajstić information content (AvgIpc) is 2.45. The molecule has 0 radical (unpaired) electrons. The fourth-order valence-corrected chi connectivity index (χ4v) is 2.76. The zero-order chi connectivity index (χ0) is 14.0. The predicted octanol–water partition coefficient (Wildman–Crippen LogP) is 6.04. The molecule has 0 amide bonds. The van der Waals surface area contributed by atoms with Gasteiger partial charge in [-0.05, 0) is 46.1 Å². The molecule has 1 atom stereocenters. The second-order valence-electron chi connectivity index (χ2n) is 6.29. The molecule has 0 aliphatic carbocycles. The summed E-state index contributed by atoms with van der Waals surface area (Å²) in [5, 5.41) is 2.88. The van der Waals surface area contributed by atoms with Crippen LogP contribution in [0.3, 0.4) is 0 Å². The maximum atomic E-state index is 2.34. The molecule has 2 aromatic carbocycles. The number of hydrogen-bond donors (Lipinski definition) is 0. The first kappa shape index (κ1) is 14.1.